The van der Waals surface area contributed by atoms with Crippen LogP contribution in [0.3, 0.4) is 0 Å². The molecule has 2 rings (SSSR count). The molecule has 1 heterocycles. The van der Waals surface area contributed by atoms with Gasteiger partial charge < -0.3 is 59.9 Å². The third-order valence-corrected chi connectivity index (χ3v) is 15.1. The SMILES string of the molecule is C=C(N[C@@H](Cc1ccccc1)C(=O)NCCCOC(=O)[C@H](C)NC(=O)CCCC(=O)OCC(OC)OC(CC)CO)[C@H](C)[C@@H](OC)[C@@H]1CCCN1C(=O)C[C@@H](C)[C@H](C(C)CC)N(C)C(=O)[C@@H](NC(=O)[C@H](C(C)C)N(C)C)C(C)C. The summed E-state index contributed by atoms with van der Waals surface area (Å²) < 4.78 is 27.5. The van der Waals surface area contributed by atoms with Gasteiger partial charge in [0.2, 0.25) is 29.5 Å². The minimum Gasteiger partial charge on any atom is -0.464 e. The number of likely N-dealkylation sites (N-methyl/N-ethyl adjacent to an activating group) is 2. The molecule has 20 heteroatoms. The molecule has 0 radical (unpaired) electrons. The Balaban J connectivity index is 2.04. The molecule has 1 saturated heterocycles. The average molecular weight is 1120 g/mol. The number of aliphatic hydroxyl groups is 1. The highest BCUT2D eigenvalue weighted by Gasteiger charge is 2.42. The van der Waals surface area contributed by atoms with Gasteiger partial charge in [-0.15, -0.1) is 0 Å². The predicted octanol–water partition coefficient (Wildman–Crippen LogP) is 5.00. The molecule has 1 fully saturated rings. The van der Waals surface area contributed by atoms with Crippen molar-refractivity contribution in [3.8, 4) is 0 Å². The van der Waals surface area contributed by atoms with Gasteiger partial charge in [-0.3, -0.25) is 33.7 Å². The fraction of sp³-hybridized carbons (Fsp3) is 0.746. The Hall–Kier alpha value is -5.15. The van der Waals surface area contributed by atoms with E-state index in [2.05, 4.69) is 41.7 Å². The molecule has 1 aliphatic heterocycles. The van der Waals surface area contributed by atoms with Gasteiger partial charge in [-0.25, -0.2) is 4.79 Å². The first kappa shape index (κ1) is 70.0. The Labute approximate surface area is 472 Å². The van der Waals surface area contributed by atoms with Crippen molar-refractivity contribution in [3.63, 3.8) is 0 Å². The van der Waals surface area contributed by atoms with Crippen LogP contribution in [0.15, 0.2) is 42.6 Å². The van der Waals surface area contributed by atoms with Crippen molar-refractivity contribution in [3.05, 3.63) is 48.2 Å². The fourth-order valence-corrected chi connectivity index (χ4v) is 10.4. The minimum absolute atomic E-state index is 0.0123. The number of ether oxygens (including phenoxy) is 5. The average Bonchev–Trinajstić information content (AvgIpc) is 3.91. The maximum absolute atomic E-state index is 14.5. The molecule has 0 bridgehead atoms. The van der Waals surface area contributed by atoms with E-state index < -0.39 is 60.5 Å². The van der Waals surface area contributed by atoms with Crippen LogP contribution in [-0.2, 0) is 63.7 Å². The standard InChI is InChI=1S/C59H101N7O13/c1-17-39(7)54(65(14)58(73)52(37(3)4)63-57(72)53(38(5)6)64(12)13)40(8)33-49(69)66-31-23-27-47(66)55(76-16)41(9)42(10)61-46(34-44-25-20-19-21-26-44)56(71)60-30-24-32-77-59(74)43(11)62-48(68)28-22-29-50(70)78-36-51(75-15)79-45(18-2)35-67/h19-21,25-26,37-41,43,45-47,51-55,61,67H,10,17-18,22-24,27-36H2,1-9,11-16H3,(H,60,71)(H,62,68)(H,63,72)/t39?,40-,41+,43+,45?,46+,47+,51?,52+,53+,54+,55-/m1/s1. The lowest BCUT2D eigenvalue weighted by molar-refractivity contribution is -0.194. The number of benzene rings is 1. The van der Waals surface area contributed by atoms with Crippen molar-refractivity contribution >= 4 is 41.5 Å². The molecule has 3 unspecified atom stereocenters. The number of aliphatic hydroxyl groups excluding tert-OH is 1. The zero-order valence-corrected chi connectivity index (χ0v) is 50.5. The second-order valence-corrected chi connectivity index (χ2v) is 22.2. The minimum atomic E-state index is -0.948. The van der Waals surface area contributed by atoms with Crippen molar-refractivity contribution in [1.82, 2.24) is 36.0 Å². The van der Waals surface area contributed by atoms with Crippen LogP contribution in [0.5, 0.6) is 0 Å². The van der Waals surface area contributed by atoms with Crippen LogP contribution in [0.25, 0.3) is 0 Å². The van der Waals surface area contributed by atoms with E-state index in [9.17, 15) is 38.7 Å². The molecule has 1 aliphatic rings. The summed E-state index contributed by atoms with van der Waals surface area (Å²) in [6.07, 6.45) is 2.07. The summed E-state index contributed by atoms with van der Waals surface area (Å²) in [5.41, 5.74) is 1.49. The predicted molar refractivity (Wildman–Crippen MR) is 304 cm³/mol. The first-order valence-corrected chi connectivity index (χ1v) is 28.6. The molecular formula is C59H101N7O13. The van der Waals surface area contributed by atoms with E-state index >= 15 is 0 Å². The largest absolute Gasteiger partial charge is 0.464 e. The second-order valence-electron chi connectivity index (χ2n) is 22.2. The molecule has 1 aromatic rings. The smallest absolute Gasteiger partial charge is 0.328 e. The van der Waals surface area contributed by atoms with E-state index in [1.165, 1.54) is 14.0 Å². The number of nitrogens with one attached hydrogen (secondary N) is 4. The Morgan fingerprint density at radius 1 is 0.810 bits per heavy atom. The number of hydrogen-bond donors (Lipinski definition) is 5. The van der Waals surface area contributed by atoms with Gasteiger partial charge in [0.1, 0.15) is 24.7 Å². The van der Waals surface area contributed by atoms with Crippen LogP contribution in [0.1, 0.15) is 133 Å². The third kappa shape index (κ3) is 23.1. The van der Waals surface area contributed by atoms with Gasteiger partial charge in [0.25, 0.3) is 0 Å². The number of nitrogens with zero attached hydrogens (tertiary/aromatic N) is 3. The Bertz CT molecular complexity index is 2030. The molecule has 5 N–H and O–H groups in total. The van der Waals surface area contributed by atoms with Crippen LogP contribution in [0, 0.1) is 29.6 Å². The molecule has 20 nitrogen and oxygen atoms in total. The van der Waals surface area contributed by atoms with Gasteiger partial charge in [-0.1, -0.05) is 106 Å². The summed E-state index contributed by atoms with van der Waals surface area (Å²) in [6, 6.07) is 6.23. The lowest BCUT2D eigenvalue weighted by atomic mass is 9.84. The van der Waals surface area contributed by atoms with E-state index in [1.807, 2.05) is 103 Å². The molecule has 0 aromatic heterocycles. The highest BCUT2D eigenvalue weighted by molar-refractivity contribution is 5.90. The number of amides is 5. The van der Waals surface area contributed by atoms with Gasteiger partial charge >= 0.3 is 11.9 Å². The molecule has 12 atom stereocenters. The van der Waals surface area contributed by atoms with Crippen LogP contribution < -0.4 is 21.3 Å². The van der Waals surface area contributed by atoms with Crippen molar-refractivity contribution in [2.24, 2.45) is 29.6 Å². The number of rotatable bonds is 38. The topological polar surface area (TPSA) is 244 Å². The quantitative estimate of drug-likeness (QED) is 0.0333. The fourth-order valence-electron chi connectivity index (χ4n) is 10.4. The van der Waals surface area contributed by atoms with E-state index in [0.717, 1.165) is 18.4 Å². The maximum Gasteiger partial charge on any atom is 0.328 e. The third-order valence-electron chi connectivity index (χ3n) is 15.1. The lowest BCUT2D eigenvalue weighted by Gasteiger charge is -2.41. The number of carbonyl (C=O) groups is 7. The first-order valence-electron chi connectivity index (χ1n) is 28.6. The Kier molecular flexibility index (Phi) is 32.1. The summed E-state index contributed by atoms with van der Waals surface area (Å²) in [6.45, 7) is 24.1. The number of esters is 2. The number of likely N-dealkylation sites (tertiary alicyclic amines) is 1. The Morgan fingerprint density at radius 3 is 2.05 bits per heavy atom. The van der Waals surface area contributed by atoms with Gasteiger partial charge in [0.15, 0.2) is 6.29 Å². The zero-order chi connectivity index (χ0) is 59.5. The van der Waals surface area contributed by atoms with E-state index in [-0.39, 0.29) is 117 Å². The van der Waals surface area contributed by atoms with Crippen molar-refractivity contribution in [2.75, 3.05) is 68.3 Å². The van der Waals surface area contributed by atoms with E-state index in [0.29, 0.717) is 37.9 Å². The number of carbonyl (C=O) groups excluding carboxylic acids is 7. The molecular weight excluding hydrogens is 1010 g/mol. The number of methoxy groups -OCH3 is 2. The Morgan fingerprint density at radius 2 is 1.48 bits per heavy atom. The van der Waals surface area contributed by atoms with Gasteiger partial charge in [0, 0.05) is 77.7 Å². The molecule has 5 amide bonds. The summed E-state index contributed by atoms with van der Waals surface area (Å²) in [7, 11) is 8.54. The highest BCUT2D eigenvalue weighted by atomic mass is 16.7. The van der Waals surface area contributed by atoms with E-state index in [4.69, 9.17) is 23.7 Å². The van der Waals surface area contributed by atoms with Crippen LogP contribution in [-0.4, -0.2) is 184 Å². The summed E-state index contributed by atoms with van der Waals surface area (Å²) >= 11 is 0. The number of hydrogen-bond acceptors (Lipinski definition) is 15. The normalized spacial score (nSPS) is 17.8. The summed E-state index contributed by atoms with van der Waals surface area (Å²) in [5, 5.41) is 21.3. The molecule has 1 aromatic carbocycles. The summed E-state index contributed by atoms with van der Waals surface area (Å²) in [4.78, 5) is 99.3. The van der Waals surface area contributed by atoms with Crippen molar-refractivity contribution < 1.29 is 62.4 Å². The highest BCUT2D eigenvalue weighted by Crippen LogP contribution is 2.32. The van der Waals surface area contributed by atoms with Crippen LogP contribution >= 0.6 is 0 Å². The van der Waals surface area contributed by atoms with Gasteiger partial charge in [-0.05, 0) is 82.4 Å². The molecule has 450 valence electrons. The molecule has 0 spiro atoms. The molecule has 79 heavy (non-hydrogen) atoms. The summed E-state index contributed by atoms with van der Waals surface area (Å²) in [5.74, 6) is -2.92. The van der Waals surface area contributed by atoms with Crippen LogP contribution in [0.4, 0.5) is 0 Å². The van der Waals surface area contributed by atoms with Crippen molar-refractivity contribution in [2.45, 2.75) is 188 Å². The lowest BCUT2D eigenvalue weighted by Crippen LogP contribution is -2.58. The van der Waals surface area contributed by atoms with Gasteiger partial charge in [0.05, 0.1) is 37.5 Å². The van der Waals surface area contributed by atoms with Crippen molar-refractivity contribution in [1.29, 1.82) is 0 Å². The van der Waals surface area contributed by atoms with Crippen LogP contribution in [0.2, 0.25) is 0 Å². The van der Waals surface area contributed by atoms with Gasteiger partial charge in [-0.2, -0.15) is 0 Å². The first-order chi connectivity index (χ1) is 37.4. The monoisotopic (exact) mass is 1120 g/mol. The zero-order valence-electron chi connectivity index (χ0n) is 50.5. The maximum atomic E-state index is 14.5. The second kappa shape index (κ2) is 36.3. The molecule has 0 saturated carbocycles. The molecule has 0 aliphatic carbocycles. The van der Waals surface area contributed by atoms with E-state index in [1.54, 1.807) is 19.1 Å².